The van der Waals surface area contributed by atoms with Gasteiger partial charge in [0.05, 0.1) is 5.69 Å². The summed E-state index contributed by atoms with van der Waals surface area (Å²) in [5.41, 5.74) is 3.25. The highest BCUT2D eigenvalue weighted by atomic mass is 79.9. The predicted octanol–water partition coefficient (Wildman–Crippen LogP) is 4.26. The van der Waals surface area contributed by atoms with Gasteiger partial charge in [-0.3, -0.25) is 14.7 Å². The lowest BCUT2D eigenvalue weighted by Crippen LogP contribution is -2.19. The van der Waals surface area contributed by atoms with Crippen LogP contribution in [0.1, 0.15) is 23.2 Å². The zero-order valence-electron chi connectivity index (χ0n) is 15.0. The first-order chi connectivity index (χ1) is 12.8. The summed E-state index contributed by atoms with van der Waals surface area (Å²) < 4.78 is 15.4. The van der Waals surface area contributed by atoms with Crippen LogP contribution in [0.15, 0.2) is 51.7 Å². The summed E-state index contributed by atoms with van der Waals surface area (Å²) in [7, 11) is 0. The molecule has 0 radical (unpaired) electrons. The lowest BCUT2D eigenvalue weighted by atomic mass is 10.1. The number of carbonyl (C=O) groups is 1. The van der Waals surface area contributed by atoms with E-state index in [9.17, 15) is 14.0 Å². The minimum atomic E-state index is -0.366. The van der Waals surface area contributed by atoms with Crippen LogP contribution in [0.3, 0.4) is 0 Å². The van der Waals surface area contributed by atoms with Gasteiger partial charge in [-0.25, -0.2) is 9.07 Å². The molecule has 7 heteroatoms. The average molecular weight is 432 g/mol. The quantitative estimate of drug-likeness (QED) is 0.633. The number of amides is 1. The first kappa shape index (κ1) is 19.1. The zero-order chi connectivity index (χ0) is 19.6. The van der Waals surface area contributed by atoms with Gasteiger partial charge < -0.3 is 5.32 Å². The molecule has 0 unspecified atom stereocenters. The molecule has 27 heavy (non-hydrogen) atoms. The molecule has 5 nitrogen and oxygen atoms in total. The lowest BCUT2D eigenvalue weighted by Gasteiger charge is -2.08. The second-order valence-corrected chi connectivity index (χ2v) is 7.26. The molecule has 1 aromatic heterocycles. The maximum Gasteiger partial charge on any atom is 0.274 e. The van der Waals surface area contributed by atoms with Gasteiger partial charge >= 0.3 is 0 Å². The summed E-state index contributed by atoms with van der Waals surface area (Å²) in [5, 5.41) is 5.85. The van der Waals surface area contributed by atoms with E-state index in [4.69, 9.17) is 0 Å². The van der Waals surface area contributed by atoms with E-state index >= 15 is 0 Å². The Kier molecular flexibility index (Phi) is 5.60. The van der Waals surface area contributed by atoms with Gasteiger partial charge in [0.2, 0.25) is 5.91 Å². The van der Waals surface area contributed by atoms with Crippen LogP contribution in [-0.2, 0) is 11.2 Å². The maximum atomic E-state index is 13.1. The number of benzene rings is 2. The van der Waals surface area contributed by atoms with Crippen molar-refractivity contribution in [2.24, 2.45) is 0 Å². The van der Waals surface area contributed by atoms with E-state index in [1.54, 1.807) is 6.92 Å². The predicted molar refractivity (Wildman–Crippen MR) is 107 cm³/mol. The standard InChI is InChI=1S/C20H19BrFN3O2/c1-12-11-14(21)3-9-18(12)23-19(26)10-8-17-13(2)24-25(20(17)27)16-6-4-15(22)5-7-16/h3-7,9,11,24H,8,10H2,1-2H3,(H,23,26). The van der Waals surface area contributed by atoms with E-state index in [0.717, 1.165) is 15.7 Å². The molecule has 2 aromatic carbocycles. The first-order valence-corrected chi connectivity index (χ1v) is 9.27. The minimum Gasteiger partial charge on any atom is -0.326 e. The van der Waals surface area contributed by atoms with Gasteiger partial charge in [0.15, 0.2) is 0 Å². The van der Waals surface area contributed by atoms with Crippen molar-refractivity contribution in [1.29, 1.82) is 0 Å². The number of H-pyrrole nitrogens is 1. The SMILES string of the molecule is Cc1cc(Br)ccc1NC(=O)CCc1c(C)[nH]n(-c2ccc(F)cc2)c1=O. The molecule has 0 aliphatic heterocycles. The Morgan fingerprint density at radius 2 is 1.89 bits per heavy atom. The molecular weight excluding hydrogens is 413 g/mol. The summed E-state index contributed by atoms with van der Waals surface area (Å²) in [6, 6.07) is 11.3. The summed E-state index contributed by atoms with van der Waals surface area (Å²) in [5.74, 6) is -0.524. The monoisotopic (exact) mass is 431 g/mol. The number of nitrogens with one attached hydrogen (secondary N) is 2. The molecule has 0 fully saturated rings. The van der Waals surface area contributed by atoms with Crippen molar-refractivity contribution in [2.45, 2.75) is 26.7 Å². The Bertz CT molecular complexity index is 1040. The zero-order valence-corrected chi connectivity index (χ0v) is 16.6. The minimum absolute atomic E-state index is 0.159. The molecule has 0 spiro atoms. The number of halogens is 2. The molecule has 0 saturated heterocycles. The molecule has 3 rings (SSSR count). The van der Waals surface area contributed by atoms with Crippen molar-refractivity contribution in [2.75, 3.05) is 5.32 Å². The Morgan fingerprint density at radius 3 is 2.56 bits per heavy atom. The van der Waals surface area contributed by atoms with Crippen LogP contribution in [0, 0.1) is 19.7 Å². The molecule has 0 bridgehead atoms. The Hall–Kier alpha value is -2.67. The van der Waals surface area contributed by atoms with Crippen LogP contribution in [0.5, 0.6) is 0 Å². The highest BCUT2D eigenvalue weighted by Crippen LogP contribution is 2.20. The van der Waals surface area contributed by atoms with Gasteiger partial charge in [0, 0.05) is 27.8 Å². The summed E-state index contributed by atoms with van der Waals surface area (Å²) in [6.45, 7) is 3.70. The first-order valence-electron chi connectivity index (χ1n) is 8.47. The van der Waals surface area contributed by atoms with Crippen LogP contribution in [0.4, 0.5) is 10.1 Å². The topological polar surface area (TPSA) is 66.9 Å². The van der Waals surface area contributed by atoms with E-state index < -0.39 is 0 Å². The number of hydrogen-bond acceptors (Lipinski definition) is 2. The Labute approximate surface area is 164 Å². The van der Waals surface area contributed by atoms with E-state index in [1.807, 2.05) is 25.1 Å². The van der Waals surface area contributed by atoms with Crippen LogP contribution >= 0.6 is 15.9 Å². The number of nitrogens with zero attached hydrogens (tertiary/aromatic N) is 1. The second kappa shape index (κ2) is 7.92. The summed E-state index contributed by atoms with van der Waals surface area (Å²) in [6.07, 6.45) is 0.504. The molecule has 0 atom stereocenters. The van der Waals surface area contributed by atoms with Crippen molar-refractivity contribution in [3.63, 3.8) is 0 Å². The van der Waals surface area contributed by atoms with E-state index in [0.29, 0.717) is 23.4 Å². The van der Waals surface area contributed by atoms with Gasteiger partial charge in [-0.05, 0) is 68.3 Å². The summed E-state index contributed by atoms with van der Waals surface area (Å²) >= 11 is 3.39. The number of anilines is 1. The van der Waals surface area contributed by atoms with Crippen LogP contribution in [-0.4, -0.2) is 15.7 Å². The van der Waals surface area contributed by atoms with E-state index in [1.165, 1.54) is 28.9 Å². The molecule has 0 aliphatic carbocycles. The number of hydrogen-bond donors (Lipinski definition) is 2. The molecule has 0 aliphatic rings. The molecule has 0 saturated carbocycles. The second-order valence-electron chi connectivity index (χ2n) is 6.34. The smallest absolute Gasteiger partial charge is 0.274 e. The fraction of sp³-hybridized carbons (Fsp3) is 0.200. The average Bonchev–Trinajstić information content (AvgIpc) is 2.90. The van der Waals surface area contributed by atoms with Gasteiger partial charge in [-0.2, -0.15) is 0 Å². The third-order valence-electron chi connectivity index (χ3n) is 4.34. The number of rotatable bonds is 5. The summed E-state index contributed by atoms with van der Waals surface area (Å²) in [4.78, 5) is 24.9. The molecule has 2 N–H and O–H groups in total. The molecule has 1 amide bonds. The molecule has 140 valence electrons. The number of aryl methyl sites for hydroxylation is 2. The number of aromatic nitrogens is 2. The van der Waals surface area contributed by atoms with E-state index in [2.05, 4.69) is 26.3 Å². The van der Waals surface area contributed by atoms with Gasteiger partial charge in [0.1, 0.15) is 5.82 Å². The normalized spacial score (nSPS) is 10.8. The van der Waals surface area contributed by atoms with Crippen molar-refractivity contribution in [3.8, 4) is 5.69 Å². The molecule has 3 aromatic rings. The van der Waals surface area contributed by atoms with E-state index in [-0.39, 0.29) is 23.7 Å². The Balaban J connectivity index is 1.72. The van der Waals surface area contributed by atoms with Crippen LogP contribution < -0.4 is 10.9 Å². The van der Waals surface area contributed by atoms with Crippen molar-refractivity contribution in [3.05, 3.63) is 79.9 Å². The van der Waals surface area contributed by atoms with Crippen molar-refractivity contribution in [1.82, 2.24) is 9.78 Å². The fourth-order valence-electron chi connectivity index (χ4n) is 2.87. The van der Waals surface area contributed by atoms with Gasteiger partial charge in [0.25, 0.3) is 5.56 Å². The highest BCUT2D eigenvalue weighted by Gasteiger charge is 2.14. The van der Waals surface area contributed by atoms with Crippen LogP contribution in [0.25, 0.3) is 5.69 Å². The number of aromatic amines is 1. The molecular formula is C20H19BrFN3O2. The maximum absolute atomic E-state index is 13.1. The van der Waals surface area contributed by atoms with Gasteiger partial charge in [-0.1, -0.05) is 15.9 Å². The van der Waals surface area contributed by atoms with Crippen LogP contribution in [0.2, 0.25) is 0 Å². The van der Waals surface area contributed by atoms with Crippen molar-refractivity contribution < 1.29 is 9.18 Å². The van der Waals surface area contributed by atoms with Gasteiger partial charge in [-0.15, -0.1) is 0 Å². The lowest BCUT2D eigenvalue weighted by molar-refractivity contribution is -0.116. The third kappa shape index (κ3) is 4.36. The Morgan fingerprint density at radius 1 is 1.19 bits per heavy atom. The number of carbonyl (C=O) groups excluding carboxylic acids is 1. The fourth-order valence-corrected chi connectivity index (χ4v) is 3.34. The highest BCUT2D eigenvalue weighted by molar-refractivity contribution is 9.10. The molecule has 1 heterocycles. The largest absolute Gasteiger partial charge is 0.326 e. The third-order valence-corrected chi connectivity index (χ3v) is 4.84. The van der Waals surface area contributed by atoms with Crippen molar-refractivity contribution >= 4 is 27.5 Å².